The minimum Gasteiger partial charge on any atom is -0.497 e. The molecule has 0 radical (unpaired) electrons. The molecule has 0 spiro atoms. The van der Waals surface area contributed by atoms with Crippen molar-refractivity contribution in [2.24, 2.45) is 0 Å². The number of nitrogens with zero attached hydrogens (tertiary/aromatic N) is 4. The molecule has 2 saturated heterocycles. The van der Waals surface area contributed by atoms with Gasteiger partial charge in [-0.2, -0.15) is 5.01 Å². The molecule has 0 aromatic heterocycles. The Morgan fingerprint density at radius 2 is 1.54 bits per heavy atom. The van der Waals surface area contributed by atoms with E-state index >= 15 is 0 Å². The van der Waals surface area contributed by atoms with Gasteiger partial charge in [-0.1, -0.05) is 104 Å². The first-order valence-corrected chi connectivity index (χ1v) is 18.9. The Morgan fingerprint density at radius 1 is 0.821 bits per heavy atom. The summed E-state index contributed by atoms with van der Waals surface area (Å²) in [6.07, 6.45) is -0.241. The number of ether oxygens (including phenoxy) is 2. The van der Waals surface area contributed by atoms with Crippen LogP contribution in [-0.4, -0.2) is 82.7 Å². The summed E-state index contributed by atoms with van der Waals surface area (Å²) < 4.78 is 10.6. The van der Waals surface area contributed by atoms with Crippen LogP contribution in [0.15, 0.2) is 121 Å². The van der Waals surface area contributed by atoms with Crippen LogP contribution in [0.25, 0.3) is 10.8 Å². The van der Waals surface area contributed by atoms with Crippen LogP contribution in [0.2, 0.25) is 0 Å². The van der Waals surface area contributed by atoms with Crippen LogP contribution in [0.5, 0.6) is 5.75 Å². The van der Waals surface area contributed by atoms with Gasteiger partial charge >= 0.3 is 12.1 Å². The van der Waals surface area contributed by atoms with E-state index in [0.717, 1.165) is 38.8 Å². The van der Waals surface area contributed by atoms with Crippen molar-refractivity contribution in [1.29, 1.82) is 0 Å². The summed E-state index contributed by atoms with van der Waals surface area (Å²) in [6.45, 7) is 3.34. The van der Waals surface area contributed by atoms with E-state index in [9.17, 15) is 19.2 Å². The lowest BCUT2D eigenvalue weighted by Crippen LogP contribution is -2.66. The van der Waals surface area contributed by atoms with Gasteiger partial charge in [0.25, 0.3) is 0 Å². The smallest absolute Gasteiger partial charge is 0.411 e. The van der Waals surface area contributed by atoms with Crippen LogP contribution in [0.4, 0.5) is 15.3 Å². The second-order valence-electron chi connectivity index (χ2n) is 14.0. The van der Waals surface area contributed by atoms with Crippen molar-refractivity contribution >= 4 is 40.4 Å². The Kier molecular flexibility index (Phi) is 11.8. The zero-order chi connectivity index (χ0) is 39.0. The van der Waals surface area contributed by atoms with Crippen LogP contribution in [-0.2, 0) is 40.4 Å². The maximum absolute atomic E-state index is 14.5. The fourth-order valence-corrected chi connectivity index (χ4v) is 7.42. The summed E-state index contributed by atoms with van der Waals surface area (Å²) in [4.78, 5) is 58.4. The van der Waals surface area contributed by atoms with Gasteiger partial charge in [-0.15, -0.1) is 0 Å². The van der Waals surface area contributed by atoms with Crippen molar-refractivity contribution in [1.82, 2.24) is 25.1 Å². The SMILES string of the molecule is CCCN(C(=O)NCc1ccc(OC)cc1)N1CC(=O)N2[C@@H](Cc3ccc(NC(=O)OCc4ccccc4)cc3)C(=O)N(Cc3cccc4ccccc34)C[C@@H]21. The number of fused-ring (bicyclic) bond motifs is 2. The van der Waals surface area contributed by atoms with Crippen LogP contribution >= 0.6 is 0 Å². The van der Waals surface area contributed by atoms with Gasteiger partial charge in [-0.3, -0.25) is 19.9 Å². The number of hydrogen-bond acceptors (Lipinski definition) is 7. The molecule has 5 aromatic carbocycles. The third-order valence-electron chi connectivity index (χ3n) is 10.2. The maximum Gasteiger partial charge on any atom is 0.411 e. The molecule has 2 N–H and O–H groups in total. The van der Waals surface area contributed by atoms with Gasteiger partial charge in [0.15, 0.2) is 0 Å². The van der Waals surface area contributed by atoms with Crippen LogP contribution in [0, 0.1) is 0 Å². The Bertz CT molecular complexity index is 2160. The number of benzene rings is 5. The summed E-state index contributed by atoms with van der Waals surface area (Å²) in [6, 6.07) is 37.1. The normalized spacial score (nSPS) is 16.8. The van der Waals surface area contributed by atoms with E-state index < -0.39 is 18.3 Å². The lowest BCUT2D eigenvalue weighted by Gasteiger charge is -2.46. The minimum absolute atomic E-state index is 0.0412. The Morgan fingerprint density at radius 3 is 2.29 bits per heavy atom. The summed E-state index contributed by atoms with van der Waals surface area (Å²) in [5.74, 6) is 0.341. The van der Waals surface area contributed by atoms with E-state index in [0.29, 0.717) is 31.7 Å². The largest absolute Gasteiger partial charge is 0.497 e. The number of carbonyl (C=O) groups excluding carboxylic acids is 4. The number of rotatable bonds is 13. The summed E-state index contributed by atoms with van der Waals surface area (Å²) in [7, 11) is 1.61. The molecule has 288 valence electrons. The first kappa shape index (κ1) is 37.9. The zero-order valence-corrected chi connectivity index (χ0v) is 31.6. The number of carbonyl (C=O) groups is 4. The maximum atomic E-state index is 14.5. The molecule has 2 aliphatic heterocycles. The number of methoxy groups -OCH3 is 1. The first-order chi connectivity index (χ1) is 27.3. The van der Waals surface area contributed by atoms with Gasteiger partial charge < -0.3 is 24.6 Å². The lowest BCUT2D eigenvalue weighted by atomic mass is 9.98. The number of hydrogen-bond donors (Lipinski definition) is 2. The summed E-state index contributed by atoms with van der Waals surface area (Å²) in [5, 5.41) is 11.3. The zero-order valence-electron chi connectivity index (χ0n) is 31.6. The summed E-state index contributed by atoms with van der Waals surface area (Å²) in [5.41, 5.74) is 4.13. The molecule has 7 rings (SSSR count). The highest BCUT2D eigenvalue weighted by molar-refractivity contribution is 5.92. The molecule has 2 fully saturated rings. The molecule has 56 heavy (non-hydrogen) atoms. The van der Waals surface area contributed by atoms with Crippen LogP contribution in [0.3, 0.4) is 0 Å². The van der Waals surface area contributed by atoms with Gasteiger partial charge in [-0.05, 0) is 63.7 Å². The van der Waals surface area contributed by atoms with Crippen molar-refractivity contribution in [3.63, 3.8) is 0 Å². The topological polar surface area (TPSA) is 124 Å². The predicted molar refractivity (Wildman–Crippen MR) is 213 cm³/mol. The van der Waals surface area contributed by atoms with Crippen molar-refractivity contribution in [2.75, 3.05) is 32.1 Å². The number of piperazine rings is 1. The number of hydrazine groups is 1. The van der Waals surface area contributed by atoms with Gasteiger partial charge in [-0.25, -0.2) is 9.59 Å². The number of anilines is 1. The molecule has 5 amide bonds. The molecule has 2 aliphatic rings. The van der Waals surface area contributed by atoms with E-state index in [2.05, 4.69) is 16.7 Å². The molecular formula is C44H46N6O6. The van der Waals surface area contributed by atoms with E-state index in [-0.39, 0.29) is 44.0 Å². The molecule has 12 heteroatoms. The van der Waals surface area contributed by atoms with E-state index in [1.807, 2.05) is 120 Å². The number of amides is 5. The summed E-state index contributed by atoms with van der Waals surface area (Å²) >= 11 is 0. The van der Waals surface area contributed by atoms with E-state index in [1.54, 1.807) is 29.2 Å². The third-order valence-corrected chi connectivity index (χ3v) is 10.2. The van der Waals surface area contributed by atoms with Crippen molar-refractivity contribution in [2.45, 2.75) is 51.7 Å². The molecule has 5 aromatic rings. The Hall–Kier alpha value is -6.40. The van der Waals surface area contributed by atoms with Crippen LogP contribution in [0.1, 0.15) is 35.6 Å². The predicted octanol–water partition coefficient (Wildman–Crippen LogP) is 6.56. The Labute approximate surface area is 326 Å². The third kappa shape index (κ3) is 8.61. The van der Waals surface area contributed by atoms with Gasteiger partial charge in [0.2, 0.25) is 11.8 Å². The second kappa shape index (κ2) is 17.4. The molecule has 2 atom stereocenters. The highest BCUT2D eigenvalue weighted by Gasteiger charge is 2.52. The second-order valence-corrected chi connectivity index (χ2v) is 14.0. The monoisotopic (exact) mass is 754 g/mol. The average molecular weight is 755 g/mol. The quantitative estimate of drug-likeness (QED) is 0.140. The molecule has 0 unspecified atom stereocenters. The first-order valence-electron chi connectivity index (χ1n) is 18.9. The van der Waals surface area contributed by atoms with E-state index in [4.69, 9.17) is 9.47 Å². The van der Waals surface area contributed by atoms with E-state index in [1.165, 1.54) is 0 Å². The van der Waals surface area contributed by atoms with Crippen LogP contribution < -0.4 is 15.4 Å². The molecular weight excluding hydrogens is 709 g/mol. The molecule has 0 saturated carbocycles. The molecule has 0 aliphatic carbocycles. The molecule has 0 bridgehead atoms. The van der Waals surface area contributed by atoms with Crippen molar-refractivity contribution in [3.05, 3.63) is 144 Å². The highest BCUT2D eigenvalue weighted by Crippen LogP contribution is 2.32. The molecule has 12 nitrogen and oxygen atoms in total. The van der Waals surface area contributed by atoms with Crippen molar-refractivity contribution in [3.8, 4) is 5.75 Å². The van der Waals surface area contributed by atoms with Gasteiger partial charge in [0, 0.05) is 31.7 Å². The minimum atomic E-state index is -0.818. The fourth-order valence-electron chi connectivity index (χ4n) is 7.42. The van der Waals surface area contributed by atoms with Crippen molar-refractivity contribution < 1.29 is 28.7 Å². The number of urea groups is 1. The highest BCUT2D eigenvalue weighted by atomic mass is 16.5. The average Bonchev–Trinajstić information content (AvgIpc) is 3.55. The molecule has 2 heterocycles. The number of nitrogens with one attached hydrogen (secondary N) is 2. The van der Waals surface area contributed by atoms with Gasteiger partial charge in [0.1, 0.15) is 24.6 Å². The fraction of sp³-hybridized carbons (Fsp3) is 0.273. The lowest BCUT2D eigenvalue weighted by molar-refractivity contribution is -0.157. The standard InChI is InChI=1S/C44H46N6O6/c1-3-24-48(43(53)45-26-32-18-22-37(55-2)23-19-32)49-29-41(51)50-39(25-31-16-20-36(21-17-31)46-44(54)56-30-33-10-5-4-6-11-33)42(52)47(28-40(49)50)27-35-14-9-13-34-12-7-8-15-38(34)35/h4-23,39-40H,3,24-30H2,1-2H3,(H,45,53)(H,46,54)/t39-,40+/m0/s1. The Balaban J connectivity index is 1.12. The van der Waals surface area contributed by atoms with Gasteiger partial charge in [0.05, 0.1) is 20.2 Å².